The minimum absolute atomic E-state index is 0.113. The summed E-state index contributed by atoms with van der Waals surface area (Å²) in [5.41, 5.74) is 8.60. The molecule has 0 saturated carbocycles. The van der Waals surface area contributed by atoms with E-state index in [4.69, 9.17) is 0 Å². The van der Waals surface area contributed by atoms with Crippen LogP contribution >= 0.6 is 15.9 Å². The molecule has 0 amide bonds. The zero-order valence-electron chi connectivity index (χ0n) is 33.3. The van der Waals surface area contributed by atoms with E-state index in [-0.39, 0.29) is 17.4 Å². The third-order valence-corrected chi connectivity index (χ3v) is 12.7. The van der Waals surface area contributed by atoms with E-state index in [0.29, 0.717) is 12.5 Å². The average Bonchev–Trinajstić information content (AvgIpc) is 3.60. The molecule has 288 valence electrons. The number of allylic oxidation sites excluding steroid dienone is 4. The highest BCUT2D eigenvalue weighted by atomic mass is 79.9. The Morgan fingerprint density at radius 3 is 2.05 bits per heavy atom. The highest BCUT2D eigenvalue weighted by Crippen LogP contribution is 2.53. The second-order valence-electron chi connectivity index (χ2n) is 16.3. The number of hydrogen-bond donors (Lipinski definition) is 0. The minimum Gasteiger partial charge on any atom is -0.344 e. The van der Waals surface area contributed by atoms with Crippen molar-refractivity contribution < 1.29 is 13.4 Å². The van der Waals surface area contributed by atoms with Gasteiger partial charge in [0.05, 0.1) is 5.41 Å². The van der Waals surface area contributed by atoms with Gasteiger partial charge in [0.15, 0.2) is 5.71 Å². The van der Waals surface area contributed by atoms with E-state index < -0.39 is 17.0 Å². The molecule has 0 bridgehead atoms. The predicted molar refractivity (Wildman–Crippen MR) is 237 cm³/mol. The summed E-state index contributed by atoms with van der Waals surface area (Å²) in [5, 5.41) is 2.22. The molecule has 2 aliphatic heterocycles. The maximum absolute atomic E-state index is 15.6. The van der Waals surface area contributed by atoms with E-state index >= 15 is 8.78 Å². The molecule has 0 spiro atoms. The quantitative estimate of drug-likeness (QED) is 0.111. The molecule has 0 fully saturated rings. The Labute approximate surface area is 345 Å². The Balaban J connectivity index is 1.34. The number of anilines is 1. The summed E-state index contributed by atoms with van der Waals surface area (Å²) in [6.07, 6.45) is 9.65. The summed E-state index contributed by atoms with van der Waals surface area (Å²) in [4.78, 5) is 2.56. The Hall–Kier alpha value is -5.13. The van der Waals surface area contributed by atoms with E-state index in [2.05, 4.69) is 181 Å². The Morgan fingerprint density at radius 1 is 0.754 bits per heavy atom. The van der Waals surface area contributed by atoms with Gasteiger partial charge in [-0.3, -0.25) is 0 Å². The summed E-state index contributed by atoms with van der Waals surface area (Å²) in [5.74, 6) is -0.500. The lowest BCUT2D eigenvalue weighted by atomic mass is 9.70. The highest BCUT2D eigenvalue weighted by molar-refractivity contribution is 9.10. The van der Waals surface area contributed by atoms with Crippen molar-refractivity contribution in [3.8, 4) is 0 Å². The largest absolute Gasteiger partial charge is 0.344 e. The fourth-order valence-corrected chi connectivity index (χ4v) is 9.91. The normalized spacial score (nSPS) is 18.0. The maximum atomic E-state index is 15.6. The van der Waals surface area contributed by atoms with Crippen LogP contribution < -0.4 is 4.90 Å². The predicted octanol–water partition coefficient (Wildman–Crippen LogP) is 13.2. The molecule has 2 heterocycles. The van der Waals surface area contributed by atoms with Crippen molar-refractivity contribution in [1.82, 2.24) is 0 Å². The smallest absolute Gasteiger partial charge is 0.210 e. The third-order valence-electron chi connectivity index (χ3n) is 12.2. The van der Waals surface area contributed by atoms with Gasteiger partial charge < -0.3 is 4.90 Å². The van der Waals surface area contributed by atoms with Gasteiger partial charge in [0.2, 0.25) is 5.69 Å². The average molecular weight is 821 g/mol. The van der Waals surface area contributed by atoms with Crippen LogP contribution in [-0.2, 0) is 30.1 Å². The first-order valence-electron chi connectivity index (χ1n) is 20.3. The van der Waals surface area contributed by atoms with Crippen molar-refractivity contribution in [2.45, 2.75) is 64.2 Å². The number of rotatable bonds is 12. The monoisotopic (exact) mass is 819 g/mol. The van der Waals surface area contributed by atoms with E-state index in [1.165, 1.54) is 46.3 Å². The maximum Gasteiger partial charge on any atom is 0.210 e. The van der Waals surface area contributed by atoms with E-state index in [1.54, 1.807) is 0 Å². The fraction of sp³-hybridized carbons (Fsp3) is 0.250. The van der Waals surface area contributed by atoms with Crippen molar-refractivity contribution in [2.75, 3.05) is 18.0 Å². The minimum atomic E-state index is -0.726. The molecule has 0 radical (unpaired) electrons. The van der Waals surface area contributed by atoms with Crippen LogP contribution in [0.25, 0.3) is 10.8 Å². The van der Waals surface area contributed by atoms with Crippen molar-refractivity contribution in [1.29, 1.82) is 0 Å². The van der Waals surface area contributed by atoms with Gasteiger partial charge in [-0.15, -0.1) is 0 Å². The number of benzene rings is 6. The van der Waals surface area contributed by atoms with E-state index in [1.807, 2.05) is 6.07 Å². The van der Waals surface area contributed by atoms with Crippen molar-refractivity contribution in [2.24, 2.45) is 5.92 Å². The second kappa shape index (κ2) is 16.0. The fourth-order valence-electron chi connectivity index (χ4n) is 9.55. The van der Waals surface area contributed by atoms with Gasteiger partial charge in [0.1, 0.15) is 18.2 Å². The molecule has 6 aromatic carbocycles. The summed E-state index contributed by atoms with van der Waals surface area (Å²) in [6.45, 7) is 10.5. The van der Waals surface area contributed by atoms with Gasteiger partial charge in [0, 0.05) is 51.1 Å². The Kier molecular flexibility index (Phi) is 10.9. The van der Waals surface area contributed by atoms with Crippen molar-refractivity contribution in [3.05, 3.63) is 201 Å². The standard InChI is InChI=1S/C52H50BrF2N2/c1-5-56-47-28-26-39-20-12-13-21-41(39)50(47)51(4,35-42-44(54)22-14-23-45(42)55)48(56)24-15-25-49-52(33-37-16-8-6-9-17-37,34-38-18-10-7-11-19-38)43-32-40(53)27-29-46(43)57(49)31-30-36(2)3/h6-29,32,36H,5,30-31,33-35H2,1-4H3/q+1. The van der Waals surface area contributed by atoms with E-state index in [0.717, 1.165) is 58.0 Å². The molecule has 57 heavy (non-hydrogen) atoms. The lowest BCUT2D eigenvalue weighted by molar-refractivity contribution is -0.433. The first-order chi connectivity index (χ1) is 27.6. The summed E-state index contributed by atoms with van der Waals surface area (Å²) in [6, 6.07) is 45.4. The first-order valence-corrected chi connectivity index (χ1v) is 21.1. The lowest BCUT2D eigenvalue weighted by Gasteiger charge is -2.35. The first kappa shape index (κ1) is 38.7. The van der Waals surface area contributed by atoms with Gasteiger partial charge in [-0.1, -0.05) is 127 Å². The van der Waals surface area contributed by atoms with Crippen LogP contribution in [-0.4, -0.2) is 23.4 Å². The lowest BCUT2D eigenvalue weighted by Crippen LogP contribution is -2.36. The Bertz CT molecular complexity index is 2460. The molecule has 0 aromatic heterocycles. The van der Waals surface area contributed by atoms with Crippen LogP contribution in [0.2, 0.25) is 0 Å². The molecule has 8 rings (SSSR count). The van der Waals surface area contributed by atoms with E-state index in [9.17, 15) is 0 Å². The second-order valence-corrected chi connectivity index (χ2v) is 17.2. The van der Waals surface area contributed by atoms with Gasteiger partial charge >= 0.3 is 0 Å². The van der Waals surface area contributed by atoms with Gasteiger partial charge in [-0.2, -0.15) is 4.58 Å². The van der Waals surface area contributed by atoms with Crippen LogP contribution in [0, 0.1) is 17.6 Å². The summed E-state index contributed by atoms with van der Waals surface area (Å²) < 4.78 is 34.6. The number of nitrogens with zero attached hydrogens (tertiary/aromatic N) is 2. The molecule has 0 N–H and O–H groups in total. The highest BCUT2D eigenvalue weighted by Gasteiger charge is 2.50. The summed E-state index contributed by atoms with van der Waals surface area (Å²) in [7, 11) is 0. The molecule has 1 atom stereocenters. The van der Waals surface area contributed by atoms with Crippen molar-refractivity contribution in [3.63, 3.8) is 0 Å². The third kappa shape index (κ3) is 7.20. The van der Waals surface area contributed by atoms with Crippen LogP contribution in [0.3, 0.4) is 0 Å². The van der Waals surface area contributed by atoms with Crippen LogP contribution in [0.1, 0.15) is 61.9 Å². The zero-order chi connectivity index (χ0) is 39.7. The van der Waals surface area contributed by atoms with Gasteiger partial charge in [-0.05, 0) is 115 Å². The van der Waals surface area contributed by atoms with Crippen LogP contribution in [0.5, 0.6) is 0 Å². The molecule has 0 aliphatic carbocycles. The number of halogens is 3. The SMILES string of the molecule is CC[N+]1=C(C=CC=C2N(CCC(C)C)c3ccc(Br)cc3C2(Cc2ccccc2)Cc2ccccc2)C(C)(Cc2c(F)cccc2F)c2c1ccc1ccccc21. The molecule has 2 nitrogen and oxygen atoms in total. The van der Waals surface area contributed by atoms with Gasteiger partial charge in [0.25, 0.3) is 0 Å². The summed E-state index contributed by atoms with van der Waals surface area (Å²) >= 11 is 3.87. The molecule has 0 saturated heterocycles. The zero-order valence-corrected chi connectivity index (χ0v) is 34.9. The molecular weight excluding hydrogens is 770 g/mol. The van der Waals surface area contributed by atoms with Crippen LogP contribution in [0.4, 0.5) is 20.2 Å². The van der Waals surface area contributed by atoms with Gasteiger partial charge in [-0.25, -0.2) is 8.78 Å². The molecule has 6 aromatic rings. The molecular formula is C52H50BrF2N2+. The van der Waals surface area contributed by atoms with Crippen LogP contribution in [0.15, 0.2) is 162 Å². The molecule has 5 heteroatoms. The number of fused-ring (bicyclic) bond motifs is 4. The molecule has 2 aliphatic rings. The topological polar surface area (TPSA) is 6.25 Å². The molecule has 1 unspecified atom stereocenters. The van der Waals surface area contributed by atoms with Crippen molar-refractivity contribution >= 4 is 43.8 Å². The number of hydrogen-bond acceptors (Lipinski definition) is 1. The Morgan fingerprint density at radius 2 is 1.40 bits per heavy atom.